The minimum atomic E-state index is -0.0709. The van der Waals surface area contributed by atoms with Crippen molar-refractivity contribution in [2.75, 3.05) is 11.9 Å². The second-order valence-corrected chi connectivity index (χ2v) is 3.73. The first-order valence-electron chi connectivity index (χ1n) is 5.67. The number of carbonyl (C=O) groups is 1. The highest BCUT2D eigenvalue weighted by Crippen LogP contribution is 2.13. The highest BCUT2D eigenvalue weighted by Gasteiger charge is 2.12. The van der Waals surface area contributed by atoms with Gasteiger partial charge < -0.3 is 10.6 Å². The topological polar surface area (TPSA) is 54.0 Å². The van der Waals surface area contributed by atoms with Gasteiger partial charge in [0.25, 0.3) is 5.91 Å². The van der Waals surface area contributed by atoms with Crippen LogP contribution in [0.25, 0.3) is 0 Å². The van der Waals surface area contributed by atoms with Crippen molar-refractivity contribution in [2.45, 2.75) is 33.2 Å². The SMILES string of the molecule is CCNc1ccncc1C(=O)NC(C)CC. The Bertz CT molecular complexity index is 352. The van der Waals surface area contributed by atoms with Gasteiger partial charge in [0.05, 0.1) is 11.3 Å². The highest BCUT2D eigenvalue weighted by atomic mass is 16.1. The van der Waals surface area contributed by atoms with Gasteiger partial charge in [0.15, 0.2) is 0 Å². The second-order valence-electron chi connectivity index (χ2n) is 3.73. The van der Waals surface area contributed by atoms with Crippen LogP contribution in [0.2, 0.25) is 0 Å². The Balaban J connectivity index is 2.81. The van der Waals surface area contributed by atoms with Crippen molar-refractivity contribution in [1.82, 2.24) is 10.3 Å². The van der Waals surface area contributed by atoms with Crippen LogP contribution in [-0.2, 0) is 0 Å². The normalized spacial score (nSPS) is 11.9. The molecule has 1 amide bonds. The molecule has 0 saturated heterocycles. The fraction of sp³-hybridized carbons (Fsp3) is 0.500. The van der Waals surface area contributed by atoms with Crippen LogP contribution in [0.3, 0.4) is 0 Å². The van der Waals surface area contributed by atoms with Gasteiger partial charge in [-0.15, -0.1) is 0 Å². The Kier molecular flexibility index (Phi) is 4.76. The molecule has 0 fully saturated rings. The summed E-state index contributed by atoms with van der Waals surface area (Å²) in [4.78, 5) is 15.9. The standard InChI is InChI=1S/C12H19N3O/c1-4-9(3)15-12(16)10-8-13-7-6-11(10)14-5-2/h6-9H,4-5H2,1-3H3,(H,13,14)(H,15,16). The van der Waals surface area contributed by atoms with E-state index in [9.17, 15) is 4.79 Å². The summed E-state index contributed by atoms with van der Waals surface area (Å²) in [7, 11) is 0. The van der Waals surface area contributed by atoms with E-state index in [0.29, 0.717) is 5.56 Å². The highest BCUT2D eigenvalue weighted by molar-refractivity contribution is 5.99. The number of anilines is 1. The lowest BCUT2D eigenvalue weighted by molar-refractivity contribution is 0.0939. The molecular weight excluding hydrogens is 202 g/mol. The molecule has 88 valence electrons. The molecule has 0 bridgehead atoms. The first-order chi connectivity index (χ1) is 7.69. The molecule has 16 heavy (non-hydrogen) atoms. The van der Waals surface area contributed by atoms with Gasteiger partial charge in [-0.2, -0.15) is 0 Å². The van der Waals surface area contributed by atoms with Crippen LogP contribution in [0.4, 0.5) is 5.69 Å². The molecule has 4 heteroatoms. The molecule has 0 aliphatic carbocycles. The molecule has 0 aliphatic heterocycles. The molecule has 1 unspecified atom stereocenters. The third kappa shape index (κ3) is 3.22. The molecule has 1 heterocycles. The lowest BCUT2D eigenvalue weighted by Gasteiger charge is -2.14. The van der Waals surface area contributed by atoms with E-state index in [0.717, 1.165) is 18.7 Å². The van der Waals surface area contributed by atoms with Crippen LogP contribution in [0.1, 0.15) is 37.6 Å². The van der Waals surface area contributed by atoms with Crippen molar-refractivity contribution < 1.29 is 4.79 Å². The average molecular weight is 221 g/mol. The fourth-order valence-corrected chi connectivity index (χ4v) is 1.32. The summed E-state index contributed by atoms with van der Waals surface area (Å²) >= 11 is 0. The van der Waals surface area contributed by atoms with Crippen LogP contribution < -0.4 is 10.6 Å². The first-order valence-corrected chi connectivity index (χ1v) is 5.67. The van der Waals surface area contributed by atoms with E-state index in [4.69, 9.17) is 0 Å². The van der Waals surface area contributed by atoms with Crippen molar-refractivity contribution in [2.24, 2.45) is 0 Å². The van der Waals surface area contributed by atoms with E-state index in [1.165, 1.54) is 0 Å². The van der Waals surface area contributed by atoms with E-state index in [-0.39, 0.29) is 11.9 Å². The fourth-order valence-electron chi connectivity index (χ4n) is 1.32. The summed E-state index contributed by atoms with van der Waals surface area (Å²) < 4.78 is 0. The van der Waals surface area contributed by atoms with Crippen molar-refractivity contribution in [3.05, 3.63) is 24.0 Å². The zero-order valence-electron chi connectivity index (χ0n) is 10.1. The quantitative estimate of drug-likeness (QED) is 0.800. The van der Waals surface area contributed by atoms with Crippen LogP contribution in [0.15, 0.2) is 18.5 Å². The zero-order valence-corrected chi connectivity index (χ0v) is 10.1. The molecule has 1 rings (SSSR count). The molecular formula is C12H19N3O. The lowest BCUT2D eigenvalue weighted by Crippen LogP contribution is -2.32. The van der Waals surface area contributed by atoms with Gasteiger partial charge in [-0.1, -0.05) is 6.92 Å². The maximum atomic E-state index is 11.9. The first kappa shape index (κ1) is 12.5. The van der Waals surface area contributed by atoms with E-state index in [1.54, 1.807) is 12.4 Å². The smallest absolute Gasteiger partial charge is 0.255 e. The molecule has 0 radical (unpaired) electrons. The van der Waals surface area contributed by atoms with E-state index in [2.05, 4.69) is 15.6 Å². The van der Waals surface area contributed by atoms with Crippen LogP contribution in [0, 0.1) is 0 Å². The molecule has 0 aliphatic rings. The summed E-state index contributed by atoms with van der Waals surface area (Å²) in [5.41, 5.74) is 1.43. The molecule has 0 aromatic carbocycles. The average Bonchev–Trinajstić information content (AvgIpc) is 2.30. The summed E-state index contributed by atoms with van der Waals surface area (Å²) in [6.45, 7) is 6.81. The molecule has 0 spiro atoms. The monoisotopic (exact) mass is 221 g/mol. The molecule has 1 aromatic heterocycles. The number of pyridine rings is 1. The summed E-state index contributed by atoms with van der Waals surface area (Å²) in [5, 5.41) is 6.07. The van der Waals surface area contributed by atoms with Gasteiger partial charge in [-0.3, -0.25) is 9.78 Å². The number of hydrogen-bond donors (Lipinski definition) is 2. The van der Waals surface area contributed by atoms with E-state index in [1.807, 2.05) is 26.8 Å². The lowest BCUT2D eigenvalue weighted by atomic mass is 10.2. The van der Waals surface area contributed by atoms with Gasteiger partial charge in [0.2, 0.25) is 0 Å². The van der Waals surface area contributed by atoms with Crippen molar-refractivity contribution in [3.63, 3.8) is 0 Å². The minimum Gasteiger partial charge on any atom is -0.385 e. The number of carbonyl (C=O) groups excluding carboxylic acids is 1. The largest absolute Gasteiger partial charge is 0.385 e. The van der Waals surface area contributed by atoms with E-state index >= 15 is 0 Å². The van der Waals surface area contributed by atoms with Gasteiger partial charge in [0.1, 0.15) is 0 Å². The predicted molar refractivity (Wildman–Crippen MR) is 65.6 cm³/mol. The molecule has 4 nitrogen and oxygen atoms in total. The number of nitrogens with one attached hydrogen (secondary N) is 2. The number of rotatable bonds is 5. The van der Waals surface area contributed by atoms with Crippen molar-refractivity contribution in [1.29, 1.82) is 0 Å². The van der Waals surface area contributed by atoms with Gasteiger partial charge in [-0.25, -0.2) is 0 Å². The van der Waals surface area contributed by atoms with Crippen LogP contribution >= 0.6 is 0 Å². The number of nitrogens with zero attached hydrogens (tertiary/aromatic N) is 1. The number of aromatic nitrogens is 1. The molecule has 2 N–H and O–H groups in total. The Labute approximate surface area is 96.5 Å². The number of amides is 1. The third-order valence-electron chi connectivity index (χ3n) is 2.42. The number of hydrogen-bond acceptors (Lipinski definition) is 3. The summed E-state index contributed by atoms with van der Waals surface area (Å²) in [6.07, 6.45) is 4.19. The maximum absolute atomic E-state index is 11.9. The Morgan fingerprint density at radius 3 is 2.88 bits per heavy atom. The molecule has 1 aromatic rings. The van der Waals surface area contributed by atoms with E-state index < -0.39 is 0 Å². The van der Waals surface area contributed by atoms with Crippen molar-refractivity contribution >= 4 is 11.6 Å². The Morgan fingerprint density at radius 2 is 2.25 bits per heavy atom. The van der Waals surface area contributed by atoms with Crippen molar-refractivity contribution in [3.8, 4) is 0 Å². The summed E-state index contributed by atoms with van der Waals surface area (Å²) in [6, 6.07) is 2.00. The van der Waals surface area contributed by atoms with Gasteiger partial charge >= 0.3 is 0 Å². The Morgan fingerprint density at radius 1 is 1.50 bits per heavy atom. The third-order valence-corrected chi connectivity index (χ3v) is 2.42. The molecule has 1 atom stereocenters. The van der Waals surface area contributed by atoms with Crippen LogP contribution in [-0.4, -0.2) is 23.5 Å². The predicted octanol–water partition coefficient (Wildman–Crippen LogP) is 2.04. The Hall–Kier alpha value is -1.58. The van der Waals surface area contributed by atoms with Gasteiger partial charge in [-0.05, 0) is 26.3 Å². The second kappa shape index (κ2) is 6.10. The minimum absolute atomic E-state index is 0.0709. The van der Waals surface area contributed by atoms with Gasteiger partial charge in [0, 0.05) is 25.0 Å². The molecule has 0 saturated carbocycles. The zero-order chi connectivity index (χ0) is 12.0. The maximum Gasteiger partial charge on any atom is 0.255 e. The summed E-state index contributed by atoms with van der Waals surface area (Å²) in [5.74, 6) is -0.0709. The van der Waals surface area contributed by atoms with Crippen LogP contribution in [0.5, 0.6) is 0 Å².